The largest absolute Gasteiger partial charge is 0.450 e. The SMILES string of the molecule is CCCCNC(=O)OCCC(CN)(CN)CCOC(=O)NCCCC. The van der Waals surface area contributed by atoms with Crippen molar-refractivity contribution >= 4 is 12.2 Å². The minimum Gasteiger partial charge on any atom is -0.450 e. The Balaban J connectivity index is 4.10. The molecule has 148 valence electrons. The van der Waals surface area contributed by atoms with Gasteiger partial charge in [-0.3, -0.25) is 0 Å². The smallest absolute Gasteiger partial charge is 0.407 e. The maximum absolute atomic E-state index is 11.5. The van der Waals surface area contributed by atoms with Gasteiger partial charge in [0.05, 0.1) is 13.2 Å². The molecule has 0 aliphatic rings. The van der Waals surface area contributed by atoms with Crippen LogP contribution in [-0.4, -0.2) is 51.6 Å². The zero-order valence-corrected chi connectivity index (χ0v) is 15.8. The molecule has 0 atom stereocenters. The van der Waals surface area contributed by atoms with Crippen molar-refractivity contribution in [3.8, 4) is 0 Å². The lowest BCUT2D eigenvalue weighted by Gasteiger charge is -2.30. The minimum atomic E-state index is -0.428. The fourth-order valence-corrected chi connectivity index (χ4v) is 2.17. The third-order valence-electron chi connectivity index (χ3n) is 4.20. The summed E-state index contributed by atoms with van der Waals surface area (Å²) in [6.45, 7) is 6.46. The van der Waals surface area contributed by atoms with Crippen molar-refractivity contribution < 1.29 is 19.1 Å². The predicted molar refractivity (Wildman–Crippen MR) is 98.3 cm³/mol. The summed E-state index contributed by atoms with van der Waals surface area (Å²) in [6, 6.07) is 0. The number of hydrogen-bond acceptors (Lipinski definition) is 6. The number of alkyl carbamates (subject to hydrolysis) is 2. The van der Waals surface area contributed by atoms with Gasteiger partial charge in [0.2, 0.25) is 0 Å². The Morgan fingerprint density at radius 2 is 1.24 bits per heavy atom. The fourth-order valence-electron chi connectivity index (χ4n) is 2.17. The number of unbranched alkanes of at least 4 members (excludes halogenated alkanes) is 2. The lowest BCUT2D eigenvalue weighted by molar-refractivity contribution is 0.0979. The van der Waals surface area contributed by atoms with Crippen molar-refractivity contribution in [3.63, 3.8) is 0 Å². The highest BCUT2D eigenvalue weighted by Crippen LogP contribution is 2.24. The van der Waals surface area contributed by atoms with Crippen molar-refractivity contribution in [1.29, 1.82) is 0 Å². The van der Waals surface area contributed by atoms with Gasteiger partial charge in [0.15, 0.2) is 0 Å². The van der Waals surface area contributed by atoms with Gasteiger partial charge < -0.3 is 31.6 Å². The van der Waals surface area contributed by atoms with Crippen LogP contribution in [0.15, 0.2) is 0 Å². The van der Waals surface area contributed by atoms with Gasteiger partial charge in [-0.15, -0.1) is 0 Å². The average molecular weight is 360 g/mol. The molecule has 6 N–H and O–H groups in total. The summed E-state index contributed by atoms with van der Waals surface area (Å²) in [4.78, 5) is 23.1. The highest BCUT2D eigenvalue weighted by Gasteiger charge is 2.27. The first-order valence-corrected chi connectivity index (χ1v) is 9.25. The zero-order chi connectivity index (χ0) is 19.0. The Bertz CT molecular complexity index is 333. The van der Waals surface area contributed by atoms with Crippen LogP contribution < -0.4 is 22.1 Å². The Kier molecular flexibility index (Phi) is 13.9. The standard InChI is InChI=1S/C17H36N4O4/c1-3-5-9-20-15(22)24-11-7-17(13-18,14-19)8-12-25-16(23)21-10-6-4-2/h3-14,18-19H2,1-2H3,(H,20,22)(H,21,23). The predicted octanol–water partition coefficient (Wildman–Crippen LogP) is 1.72. The summed E-state index contributed by atoms with van der Waals surface area (Å²) >= 11 is 0. The van der Waals surface area contributed by atoms with Crippen LogP contribution in [0, 0.1) is 5.41 Å². The van der Waals surface area contributed by atoms with Gasteiger partial charge in [-0.25, -0.2) is 9.59 Å². The molecule has 0 aromatic heterocycles. The molecule has 0 radical (unpaired) electrons. The van der Waals surface area contributed by atoms with Gasteiger partial charge in [0.1, 0.15) is 0 Å². The van der Waals surface area contributed by atoms with Crippen LogP contribution in [0.1, 0.15) is 52.4 Å². The number of hydrogen-bond donors (Lipinski definition) is 4. The summed E-state index contributed by atoms with van der Waals surface area (Å²) in [5.74, 6) is 0. The summed E-state index contributed by atoms with van der Waals surface area (Å²) in [6.07, 6.45) is 4.06. The first-order chi connectivity index (χ1) is 12.0. The molecule has 0 aromatic rings. The Morgan fingerprint density at radius 3 is 1.56 bits per heavy atom. The fraction of sp³-hybridized carbons (Fsp3) is 0.882. The molecule has 0 spiro atoms. The van der Waals surface area contributed by atoms with Crippen LogP contribution in [0.3, 0.4) is 0 Å². The second kappa shape index (κ2) is 14.8. The highest BCUT2D eigenvalue weighted by molar-refractivity contribution is 5.67. The van der Waals surface area contributed by atoms with E-state index in [2.05, 4.69) is 24.5 Å². The lowest BCUT2D eigenvalue weighted by atomic mass is 9.82. The normalized spacial score (nSPS) is 11.0. The number of nitrogens with two attached hydrogens (primary N) is 2. The number of ether oxygens (including phenoxy) is 2. The number of carbonyl (C=O) groups is 2. The van der Waals surface area contributed by atoms with Crippen molar-refractivity contribution in [3.05, 3.63) is 0 Å². The average Bonchev–Trinajstić information content (AvgIpc) is 2.61. The Morgan fingerprint density at radius 1 is 0.840 bits per heavy atom. The number of nitrogens with one attached hydrogen (secondary N) is 2. The minimum absolute atomic E-state index is 0.231. The van der Waals surface area contributed by atoms with Gasteiger partial charge in [-0.2, -0.15) is 0 Å². The van der Waals surface area contributed by atoms with Crippen LogP contribution in [0.25, 0.3) is 0 Å². The maximum atomic E-state index is 11.5. The highest BCUT2D eigenvalue weighted by atomic mass is 16.6. The monoisotopic (exact) mass is 360 g/mol. The van der Waals surface area contributed by atoms with E-state index in [0.29, 0.717) is 39.0 Å². The molecule has 8 heteroatoms. The molecule has 0 heterocycles. The van der Waals surface area contributed by atoms with Gasteiger partial charge in [0.25, 0.3) is 0 Å². The lowest BCUT2D eigenvalue weighted by Crippen LogP contribution is -2.41. The van der Waals surface area contributed by atoms with Crippen LogP contribution in [0.2, 0.25) is 0 Å². The molecule has 8 nitrogen and oxygen atoms in total. The third kappa shape index (κ3) is 11.6. The quantitative estimate of drug-likeness (QED) is 0.349. The molecule has 0 rings (SSSR count). The van der Waals surface area contributed by atoms with Crippen molar-refractivity contribution in [1.82, 2.24) is 10.6 Å². The summed E-state index contributed by atoms with van der Waals surface area (Å²) in [7, 11) is 0. The van der Waals surface area contributed by atoms with E-state index in [1.807, 2.05) is 0 Å². The molecule has 0 fully saturated rings. The maximum Gasteiger partial charge on any atom is 0.407 e. The molecule has 0 aliphatic carbocycles. The van der Waals surface area contributed by atoms with E-state index in [9.17, 15) is 9.59 Å². The molecule has 0 aromatic carbocycles. The van der Waals surface area contributed by atoms with Gasteiger partial charge in [-0.1, -0.05) is 26.7 Å². The van der Waals surface area contributed by atoms with Crippen LogP contribution in [0.4, 0.5) is 9.59 Å². The van der Waals surface area contributed by atoms with E-state index < -0.39 is 17.6 Å². The molecule has 0 saturated carbocycles. The van der Waals surface area contributed by atoms with Crippen molar-refractivity contribution in [2.24, 2.45) is 16.9 Å². The molecule has 0 unspecified atom stereocenters. The van der Waals surface area contributed by atoms with E-state index in [-0.39, 0.29) is 13.2 Å². The second-order valence-electron chi connectivity index (χ2n) is 6.24. The third-order valence-corrected chi connectivity index (χ3v) is 4.20. The van der Waals surface area contributed by atoms with Crippen LogP contribution in [-0.2, 0) is 9.47 Å². The Labute approximate surface area is 151 Å². The topological polar surface area (TPSA) is 129 Å². The van der Waals surface area contributed by atoms with E-state index in [1.165, 1.54) is 0 Å². The molecular formula is C17H36N4O4. The van der Waals surface area contributed by atoms with Crippen molar-refractivity contribution in [2.45, 2.75) is 52.4 Å². The summed E-state index contributed by atoms with van der Waals surface area (Å²) < 4.78 is 10.3. The van der Waals surface area contributed by atoms with E-state index >= 15 is 0 Å². The molecular weight excluding hydrogens is 324 g/mol. The number of rotatable bonds is 14. The van der Waals surface area contributed by atoms with Gasteiger partial charge in [0, 0.05) is 18.5 Å². The molecule has 0 saturated heterocycles. The van der Waals surface area contributed by atoms with E-state index in [4.69, 9.17) is 20.9 Å². The van der Waals surface area contributed by atoms with Gasteiger partial charge >= 0.3 is 12.2 Å². The molecule has 0 bridgehead atoms. The molecule has 2 amide bonds. The van der Waals surface area contributed by atoms with Gasteiger partial charge in [-0.05, 0) is 38.8 Å². The number of carbonyl (C=O) groups excluding carboxylic acids is 2. The zero-order valence-electron chi connectivity index (χ0n) is 15.8. The van der Waals surface area contributed by atoms with Crippen LogP contribution in [0.5, 0.6) is 0 Å². The van der Waals surface area contributed by atoms with Crippen molar-refractivity contribution in [2.75, 3.05) is 39.4 Å². The molecule has 0 aliphatic heterocycles. The van der Waals surface area contributed by atoms with Crippen LogP contribution >= 0.6 is 0 Å². The number of amides is 2. The summed E-state index contributed by atoms with van der Waals surface area (Å²) in [5, 5.41) is 5.37. The van der Waals surface area contributed by atoms with E-state index in [0.717, 1.165) is 25.7 Å². The summed E-state index contributed by atoms with van der Waals surface area (Å²) in [5.41, 5.74) is 11.3. The molecule has 25 heavy (non-hydrogen) atoms. The first-order valence-electron chi connectivity index (χ1n) is 9.25. The Hall–Kier alpha value is -1.54. The van der Waals surface area contributed by atoms with E-state index in [1.54, 1.807) is 0 Å². The second-order valence-corrected chi connectivity index (χ2v) is 6.24. The first kappa shape index (κ1) is 23.5.